The summed E-state index contributed by atoms with van der Waals surface area (Å²) in [7, 11) is 0. The minimum atomic E-state index is -0.590. The van der Waals surface area contributed by atoms with Gasteiger partial charge in [-0.25, -0.2) is 9.37 Å². The van der Waals surface area contributed by atoms with E-state index in [-0.39, 0.29) is 68.3 Å². The van der Waals surface area contributed by atoms with Crippen molar-refractivity contribution < 1.29 is 28.2 Å². The van der Waals surface area contributed by atoms with Gasteiger partial charge in [-0.05, 0) is 37.1 Å². The number of rotatable bonds is 2. The molecular weight excluding hydrogens is 517 g/mol. The second-order valence-corrected chi connectivity index (χ2v) is 11.0. The molecule has 3 atom stereocenters. The Morgan fingerprint density at radius 3 is 2.65 bits per heavy atom. The first kappa shape index (κ1) is 26.6. The second-order valence-electron chi connectivity index (χ2n) is 11.0. The number of carbonyl (C=O) groups is 3. The summed E-state index contributed by atoms with van der Waals surface area (Å²) in [5.41, 5.74) is 0.284. The largest absolute Gasteiger partial charge is 0.475 e. The van der Waals surface area contributed by atoms with E-state index in [0.717, 1.165) is 12.8 Å². The maximum atomic E-state index is 14.4. The average molecular weight is 552 g/mol. The molecule has 1 aliphatic carbocycles. The molecule has 212 valence electrons. The number of hydrogen-bond acceptors (Lipinski definition) is 7. The van der Waals surface area contributed by atoms with Gasteiger partial charge in [0.05, 0.1) is 23.8 Å². The number of amides is 3. The maximum absolute atomic E-state index is 14.4. The van der Waals surface area contributed by atoms with Crippen molar-refractivity contribution in [2.24, 2.45) is 0 Å². The fourth-order valence-electron chi connectivity index (χ4n) is 6.36. The molecule has 4 heterocycles. The zero-order chi connectivity index (χ0) is 27.6. The number of fused-ring (bicyclic) bond motifs is 3. The monoisotopic (exact) mass is 551 g/mol. The Kier molecular flexibility index (Phi) is 7.66. The first-order valence-corrected chi connectivity index (χ1v) is 14.1. The van der Waals surface area contributed by atoms with Gasteiger partial charge in [0.2, 0.25) is 11.8 Å². The van der Waals surface area contributed by atoms with Crippen molar-refractivity contribution in [1.29, 1.82) is 0 Å². The molecule has 0 radical (unpaired) electrons. The van der Waals surface area contributed by atoms with Gasteiger partial charge in [0.1, 0.15) is 24.6 Å². The number of ether oxygens (including phenoxy) is 2. The highest BCUT2D eigenvalue weighted by molar-refractivity contribution is 5.96. The van der Waals surface area contributed by atoms with Gasteiger partial charge < -0.3 is 24.6 Å². The number of aromatic nitrogens is 1. The molecule has 1 aromatic carbocycles. The lowest BCUT2D eigenvalue weighted by molar-refractivity contribution is -0.143. The number of pyridine rings is 1. The molecule has 1 aromatic heterocycles. The van der Waals surface area contributed by atoms with Crippen molar-refractivity contribution in [3.8, 4) is 5.88 Å². The molecule has 2 aromatic rings. The molecule has 11 heteroatoms. The number of carbonyl (C=O) groups excluding carboxylic acids is 3. The molecular formula is C29H34FN5O5. The lowest BCUT2D eigenvalue weighted by Crippen LogP contribution is -2.59. The second kappa shape index (κ2) is 11.5. The molecule has 0 spiro atoms. The summed E-state index contributed by atoms with van der Waals surface area (Å²) < 4.78 is 26.6. The van der Waals surface area contributed by atoms with Crippen molar-refractivity contribution >= 4 is 17.7 Å². The average Bonchev–Trinajstić information content (AvgIpc) is 3.65. The SMILES string of the molecule is O=C1N[C@@H]2CN(C3CCCC3)C[C@@H]2OCC(=O)N2CCN(C(=O)c3ccccc3F)C[C@H]2COc2ncccc21. The Bertz CT molecular complexity index is 1270. The van der Waals surface area contributed by atoms with E-state index in [9.17, 15) is 18.8 Å². The molecule has 1 N–H and O–H groups in total. The van der Waals surface area contributed by atoms with E-state index < -0.39 is 17.8 Å². The predicted molar refractivity (Wildman–Crippen MR) is 142 cm³/mol. The van der Waals surface area contributed by atoms with Crippen LogP contribution in [0.25, 0.3) is 0 Å². The van der Waals surface area contributed by atoms with Crippen molar-refractivity contribution in [1.82, 2.24) is 25.0 Å². The minimum absolute atomic E-state index is 0.00635. The molecule has 4 aliphatic rings. The number of piperazine rings is 1. The van der Waals surface area contributed by atoms with Crippen LogP contribution in [0.4, 0.5) is 4.39 Å². The third-order valence-electron chi connectivity index (χ3n) is 8.50. The number of hydrogen-bond donors (Lipinski definition) is 1. The lowest BCUT2D eigenvalue weighted by Gasteiger charge is -2.41. The zero-order valence-electron chi connectivity index (χ0n) is 22.3. The Hall–Kier alpha value is -3.57. The standard InChI is InChI=1S/C29H34FN5O5/c30-23-10-4-3-8-21(23)29(38)33-12-13-35-20(14-33)17-40-28-22(9-5-11-31-28)27(37)32-24-15-34(19-6-1-2-7-19)16-25(24)39-18-26(35)36/h3-5,8-11,19-20,24-25H,1-2,6-7,12-18H2,(H,32,37)/t20-,24+,25-/m0/s1. The molecule has 0 bridgehead atoms. The number of likely N-dealkylation sites (tertiary alicyclic amines) is 1. The quantitative estimate of drug-likeness (QED) is 0.606. The first-order chi connectivity index (χ1) is 19.5. The number of nitrogens with one attached hydrogen (secondary N) is 1. The smallest absolute Gasteiger partial charge is 0.257 e. The van der Waals surface area contributed by atoms with Crippen LogP contribution in [0.5, 0.6) is 5.88 Å². The summed E-state index contributed by atoms with van der Waals surface area (Å²) >= 11 is 0. The van der Waals surface area contributed by atoms with E-state index in [1.165, 1.54) is 35.9 Å². The molecule has 3 fully saturated rings. The third-order valence-corrected chi connectivity index (χ3v) is 8.50. The highest BCUT2D eigenvalue weighted by Crippen LogP contribution is 2.28. The van der Waals surface area contributed by atoms with Crippen LogP contribution in [-0.4, -0.2) is 108 Å². The van der Waals surface area contributed by atoms with Crippen LogP contribution >= 0.6 is 0 Å². The number of nitrogens with zero attached hydrogens (tertiary/aromatic N) is 4. The van der Waals surface area contributed by atoms with Crippen molar-refractivity contribution in [2.45, 2.75) is 49.9 Å². The summed E-state index contributed by atoms with van der Waals surface area (Å²) in [4.78, 5) is 49.9. The molecule has 10 nitrogen and oxygen atoms in total. The molecule has 3 aliphatic heterocycles. The lowest BCUT2D eigenvalue weighted by atomic mass is 10.1. The molecule has 0 unspecified atom stereocenters. The van der Waals surface area contributed by atoms with E-state index >= 15 is 0 Å². The van der Waals surface area contributed by atoms with Gasteiger partial charge >= 0.3 is 0 Å². The topological polar surface area (TPSA) is 104 Å². The summed E-state index contributed by atoms with van der Waals surface area (Å²) in [5, 5.41) is 3.11. The van der Waals surface area contributed by atoms with Crippen molar-refractivity contribution in [3.05, 3.63) is 59.5 Å². The highest BCUT2D eigenvalue weighted by atomic mass is 19.1. The van der Waals surface area contributed by atoms with Crippen LogP contribution in [0.1, 0.15) is 46.4 Å². The van der Waals surface area contributed by atoms with Crippen LogP contribution < -0.4 is 10.1 Å². The summed E-state index contributed by atoms with van der Waals surface area (Å²) in [6.07, 6.45) is 5.87. The van der Waals surface area contributed by atoms with Crippen LogP contribution in [-0.2, 0) is 9.53 Å². The van der Waals surface area contributed by atoms with Crippen LogP contribution in [0.2, 0.25) is 0 Å². The number of halogens is 1. The molecule has 2 saturated heterocycles. The first-order valence-electron chi connectivity index (χ1n) is 14.1. The zero-order valence-corrected chi connectivity index (χ0v) is 22.3. The van der Waals surface area contributed by atoms with Gasteiger partial charge in [-0.3, -0.25) is 19.3 Å². The Morgan fingerprint density at radius 2 is 1.82 bits per heavy atom. The van der Waals surface area contributed by atoms with Gasteiger partial charge in [0, 0.05) is 45.0 Å². The predicted octanol–water partition coefficient (Wildman–Crippen LogP) is 1.71. The van der Waals surface area contributed by atoms with Crippen LogP contribution in [0, 0.1) is 5.82 Å². The molecule has 3 amide bonds. The van der Waals surface area contributed by atoms with Crippen LogP contribution in [0.15, 0.2) is 42.6 Å². The van der Waals surface area contributed by atoms with Gasteiger partial charge in [-0.2, -0.15) is 0 Å². The summed E-state index contributed by atoms with van der Waals surface area (Å²) in [5.74, 6) is -1.39. The fourth-order valence-corrected chi connectivity index (χ4v) is 6.36. The van der Waals surface area contributed by atoms with E-state index in [1.807, 2.05) is 0 Å². The third kappa shape index (κ3) is 5.40. The molecule has 1 saturated carbocycles. The summed E-state index contributed by atoms with van der Waals surface area (Å²) in [6, 6.07) is 8.85. The Labute approximate surface area is 232 Å². The van der Waals surface area contributed by atoms with Gasteiger partial charge in [-0.1, -0.05) is 25.0 Å². The Morgan fingerprint density at radius 1 is 1.00 bits per heavy atom. The Balaban J connectivity index is 1.25. The van der Waals surface area contributed by atoms with Gasteiger partial charge in [0.15, 0.2) is 0 Å². The highest BCUT2D eigenvalue weighted by Gasteiger charge is 2.41. The van der Waals surface area contributed by atoms with Gasteiger partial charge in [0.25, 0.3) is 11.8 Å². The van der Waals surface area contributed by atoms with Crippen molar-refractivity contribution in [2.75, 3.05) is 45.9 Å². The number of benzene rings is 1. The fraction of sp³-hybridized carbons (Fsp3) is 0.517. The summed E-state index contributed by atoms with van der Waals surface area (Å²) in [6.45, 7) is 1.83. The van der Waals surface area contributed by atoms with Gasteiger partial charge in [-0.15, -0.1) is 0 Å². The van der Waals surface area contributed by atoms with Crippen LogP contribution in [0.3, 0.4) is 0 Å². The maximum Gasteiger partial charge on any atom is 0.257 e. The van der Waals surface area contributed by atoms with E-state index in [2.05, 4.69) is 15.2 Å². The normalized spacial score (nSPS) is 26.5. The van der Waals surface area contributed by atoms with E-state index in [4.69, 9.17) is 9.47 Å². The van der Waals surface area contributed by atoms with Crippen molar-refractivity contribution in [3.63, 3.8) is 0 Å². The van der Waals surface area contributed by atoms with E-state index in [1.54, 1.807) is 29.3 Å². The van der Waals surface area contributed by atoms with E-state index in [0.29, 0.717) is 24.7 Å². The molecule has 6 rings (SSSR count). The molecule has 40 heavy (non-hydrogen) atoms. The minimum Gasteiger partial charge on any atom is -0.475 e.